The summed E-state index contributed by atoms with van der Waals surface area (Å²) in [6, 6.07) is 13.1. The number of benzene rings is 2. The van der Waals surface area contributed by atoms with Crippen LogP contribution in [0.15, 0.2) is 95.6 Å². The Bertz CT molecular complexity index is 3190. The lowest BCUT2D eigenvalue weighted by atomic mass is 9.81. The number of nitrogens with zero attached hydrogens (tertiary/aromatic N) is 12. The quantitative estimate of drug-likeness (QED) is 0.254. The monoisotopic (exact) mass is 765 g/mol. The van der Waals surface area contributed by atoms with E-state index in [1.165, 1.54) is 6.07 Å². The van der Waals surface area contributed by atoms with E-state index in [-0.39, 0.29) is 37.0 Å². The van der Waals surface area contributed by atoms with Crippen LogP contribution in [0.1, 0.15) is 50.6 Å². The van der Waals surface area contributed by atoms with E-state index in [9.17, 15) is 4.79 Å². The number of para-hydroxylation sites is 3. The lowest BCUT2D eigenvalue weighted by molar-refractivity contribution is -0.112. The first kappa shape index (κ1) is 33.3. The summed E-state index contributed by atoms with van der Waals surface area (Å²) in [5.74, 6) is 0.223. The molecule has 17 nitrogen and oxygen atoms in total. The highest BCUT2D eigenvalue weighted by atomic mass is 19.1. The minimum absolute atomic E-state index is 0.100. The fraction of sp³-hybridized carbons (Fsp3) is 0.256. The van der Waals surface area contributed by atoms with E-state index in [1.54, 1.807) is 72.4 Å². The van der Waals surface area contributed by atoms with E-state index in [0.717, 1.165) is 16.6 Å². The number of halogens is 1. The number of hydrogen-bond donors (Lipinski definition) is 1. The summed E-state index contributed by atoms with van der Waals surface area (Å²) >= 11 is 0. The molecule has 11 rings (SSSR count). The molecule has 284 valence electrons. The van der Waals surface area contributed by atoms with Crippen LogP contribution in [0.25, 0.3) is 56.3 Å². The number of hydrogen-bond acceptors (Lipinski definition) is 11. The highest BCUT2D eigenvalue weighted by Gasteiger charge is 2.43. The van der Waals surface area contributed by atoms with Gasteiger partial charge >= 0.3 is 11.4 Å². The molecule has 1 saturated heterocycles. The first-order valence-electron chi connectivity index (χ1n) is 18.4. The smallest absolute Gasteiger partial charge is 0.333 e. The van der Waals surface area contributed by atoms with E-state index in [0.29, 0.717) is 45.8 Å². The van der Waals surface area contributed by atoms with Crippen LogP contribution in [-0.2, 0) is 4.74 Å². The molecule has 2 aliphatic rings. The van der Waals surface area contributed by atoms with Crippen molar-refractivity contribution >= 4 is 44.4 Å². The fourth-order valence-electron chi connectivity index (χ4n) is 8.40. The van der Waals surface area contributed by atoms with E-state index in [4.69, 9.17) is 24.4 Å². The molecule has 0 aliphatic carbocycles. The molecule has 9 heterocycles. The summed E-state index contributed by atoms with van der Waals surface area (Å²) in [7, 11) is 0. The van der Waals surface area contributed by atoms with Crippen LogP contribution in [0.2, 0.25) is 0 Å². The number of pyridine rings is 1. The lowest BCUT2D eigenvalue weighted by Gasteiger charge is -2.42. The normalized spacial score (nSPS) is 19.4. The molecular weight excluding hydrogens is 734 g/mol. The maximum absolute atomic E-state index is 15.1. The number of rotatable bonds is 5. The highest BCUT2D eigenvalue weighted by molar-refractivity contribution is 5.78. The lowest BCUT2D eigenvalue weighted by Crippen LogP contribution is -2.44. The van der Waals surface area contributed by atoms with Gasteiger partial charge in [-0.1, -0.05) is 38.1 Å². The van der Waals surface area contributed by atoms with Gasteiger partial charge in [0.2, 0.25) is 11.9 Å². The predicted molar refractivity (Wildman–Crippen MR) is 204 cm³/mol. The molecule has 1 fully saturated rings. The van der Waals surface area contributed by atoms with Gasteiger partial charge in [-0.05, 0) is 24.3 Å². The number of ether oxygens (including phenoxy) is 2. The summed E-state index contributed by atoms with van der Waals surface area (Å²) in [4.78, 5) is 64.1. The maximum Gasteiger partial charge on any atom is 0.333 e. The second-order valence-electron chi connectivity index (χ2n) is 15.0. The summed E-state index contributed by atoms with van der Waals surface area (Å²) in [6.45, 7) is 4.42. The Labute approximate surface area is 320 Å². The number of nitrogens with one attached hydrogen (secondary N) is 1. The minimum Gasteiger partial charge on any atom is -0.490 e. The molecule has 9 aromatic rings. The Morgan fingerprint density at radius 1 is 0.807 bits per heavy atom. The van der Waals surface area contributed by atoms with Crippen molar-refractivity contribution in [3.05, 3.63) is 118 Å². The average molecular weight is 766 g/mol. The largest absolute Gasteiger partial charge is 0.490 e. The highest BCUT2D eigenvalue weighted by Crippen LogP contribution is 2.44. The third-order valence-corrected chi connectivity index (χ3v) is 11.2. The van der Waals surface area contributed by atoms with Crippen LogP contribution >= 0.6 is 0 Å². The first-order valence-corrected chi connectivity index (χ1v) is 18.4. The number of aromatic amines is 1. The number of H-pyrrole nitrogens is 1. The topological polar surface area (TPSA) is 183 Å². The molecule has 1 N–H and O–H groups in total. The van der Waals surface area contributed by atoms with Gasteiger partial charge in [0.15, 0.2) is 22.9 Å². The first-order chi connectivity index (χ1) is 27.7. The van der Waals surface area contributed by atoms with Crippen molar-refractivity contribution in [2.45, 2.75) is 45.0 Å². The van der Waals surface area contributed by atoms with Gasteiger partial charge in [-0.25, -0.2) is 33.9 Å². The second kappa shape index (κ2) is 12.2. The Morgan fingerprint density at radius 3 is 2.44 bits per heavy atom. The molecule has 0 spiro atoms. The Kier molecular flexibility index (Phi) is 7.13. The molecule has 0 radical (unpaired) electrons. The zero-order valence-electron chi connectivity index (χ0n) is 30.5. The second-order valence-corrected chi connectivity index (χ2v) is 15.0. The van der Waals surface area contributed by atoms with Crippen LogP contribution in [0, 0.1) is 11.2 Å². The standard InChI is InChI=1S/C39H32FN13O4/c1-39(2)18-57-31(14-30(39)53-33-25(46-37(53)54)16-42-35(47-33)49-19-44-23-8-3-4-9-27(23)49)51-29-17-43-36(50-20-45-24-15-41-12-10-28(24)50)48-34(29)52(38(51)55)26-11-13-56-32-21(26)6-5-7-22(32)40/h3-10,12,15-17,19-20,26,30-31H,11,13-14,18H2,1-2H3,(H,46,54)/t26-,30?,31?/m1/s1. The molecule has 0 bridgehead atoms. The van der Waals surface area contributed by atoms with Crippen molar-refractivity contribution in [1.29, 1.82) is 0 Å². The zero-order chi connectivity index (χ0) is 38.6. The Hall–Kier alpha value is -7.08. The van der Waals surface area contributed by atoms with Gasteiger partial charge in [-0.2, -0.15) is 9.97 Å². The van der Waals surface area contributed by atoms with Gasteiger partial charge < -0.3 is 14.5 Å². The van der Waals surface area contributed by atoms with Crippen molar-refractivity contribution < 1.29 is 13.9 Å². The Morgan fingerprint density at radius 2 is 1.58 bits per heavy atom. The van der Waals surface area contributed by atoms with Crippen molar-refractivity contribution in [1.82, 2.24) is 62.7 Å². The van der Waals surface area contributed by atoms with Gasteiger partial charge in [0, 0.05) is 30.0 Å². The fourth-order valence-corrected chi connectivity index (χ4v) is 8.40. The predicted octanol–water partition coefficient (Wildman–Crippen LogP) is 4.80. The SMILES string of the molecule is CC1(C)COC(n2c(=O)n([C@@H]3CCOc4c(F)cccc43)c3nc(-n4cnc5cnccc54)ncc32)CC1n1c(=O)[nH]c2cnc(-n3cnc4ccccc43)nc21. The van der Waals surface area contributed by atoms with E-state index < -0.39 is 35.2 Å². The molecular formula is C39H32FN13O4. The maximum atomic E-state index is 15.1. The van der Waals surface area contributed by atoms with Crippen LogP contribution in [0.3, 0.4) is 0 Å². The molecule has 2 aliphatic heterocycles. The molecule has 2 unspecified atom stereocenters. The molecule has 3 atom stereocenters. The molecule has 57 heavy (non-hydrogen) atoms. The number of aromatic nitrogens is 13. The summed E-state index contributed by atoms with van der Waals surface area (Å²) in [6.07, 6.45) is 9.50. The van der Waals surface area contributed by atoms with E-state index in [2.05, 4.69) is 24.9 Å². The van der Waals surface area contributed by atoms with E-state index in [1.807, 2.05) is 44.2 Å². The van der Waals surface area contributed by atoms with Gasteiger partial charge in [0.05, 0.1) is 60.4 Å². The van der Waals surface area contributed by atoms with Crippen LogP contribution in [0.5, 0.6) is 5.75 Å². The molecule has 7 aromatic heterocycles. The third-order valence-electron chi connectivity index (χ3n) is 11.2. The van der Waals surface area contributed by atoms with Crippen LogP contribution in [0.4, 0.5) is 4.39 Å². The van der Waals surface area contributed by atoms with Crippen LogP contribution < -0.4 is 16.1 Å². The van der Waals surface area contributed by atoms with Crippen molar-refractivity contribution in [2.75, 3.05) is 13.2 Å². The molecule has 0 amide bonds. The summed E-state index contributed by atoms with van der Waals surface area (Å²) in [5.41, 5.74) is 3.75. The van der Waals surface area contributed by atoms with Gasteiger partial charge in [0.1, 0.15) is 35.4 Å². The van der Waals surface area contributed by atoms with Crippen molar-refractivity contribution in [2.24, 2.45) is 5.41 Å². The van der Waals surface area contributed by atoms with Crippen molar-refractivity contribution in [3.63, 3.8) is 0 Å². The summed E-state index contributed by atoms with van der Waals surface area (Å²) in [5, 5.41) is 0. The van der Waals surface area contributed by atoms with Gasteiger partial charge in [-0.15, -0.1) is 0 Å². The summed E-state index contributed by atoms with van der Waals surface area (Å²) < 4.78 is 35.7. The van der Waals surface area contributed by atoms with Crippen molar-refractivity contribution in [3.8, 4) is 17.6 Å². The average Bonchev–Trinajstić information content (AvgIpc) is 3.99. The number of imidazole rings is 4. The number of fused-ring (bicyclic) bond motifs is 5. The molecule has 18 heteroatoms. The van der Waals surface area contributed by atoms with Gasteiger partial charge in [0.25, 0.3) is 0 Å². The third kappa shape index (κ3) is 4.99. The molecule has 2 aromatic carbocycles. The van der Waals surface area contributed by atoms with Gasteiger partial charge in [-0.3, -0.25) is 27.8 Å². The Balaban J connectivity index is 1.07. The zero-order valence-corrected chi connectivity index (χ0v) is 30.5. The van der Waals surface area contributed by atoms with Crippen LogP contribution in [-0.4, -0.2) is 75.9 Å². The van der Waals surface area contributed by atoms with E-state index >= 15 is 9.18 Å². The minimum atomic E-state index is -0.851. The molecule has 0 saturated carbocycles.